The van der Waals surface area contributed by atoms with Crippen molar-refractivity contribution in [3.05, 3.63) is 89.0 Å². The van der Waals surface area contributed by atoms with Crippen LogP contribution >= 0.6 is 0 Å². The lowest BCUT2D eigenvalue weighted by Gasteiger charge is -2.22. The largest absolute Gasteiger partial charge is 0.508 e. The van der Waals surface area contributed by atoms with Crippen LogP contribution in [0.4, 0.5) is 4.79 Å². The normalized spacial score (nSPS) is 15.2. The number of ether oxygens (including phenoxy) is 1. The van der Waals surface area contributed by atoms with Crippen LogP contribution in [0, 0.1) is 0 Å². The Balaban J connectivity index is 1.33. The molecule has 146 valence electrons. The molecule has 29 heavy (non-hydrogen) atoms. The monoisotopic (exact) mass is 385 g/mol. The Kier molecular flexibility index (Phi) is 4.47. The highest BCUT2D eigenvalue weighted by Gasteiger charge is 2.30. The Morgan fingerprint density at radius 2 is 1.66 bits per heavy atom. The fourth-order valence-corrected chi connectivity index (χ4v) is 4.59. The van der Waals surface area contributed by atoms with Crippen LogP contribution in [-0.4, -0.2) is 29.3 Å². The molecule has 0 fully saturated rings. The Hall–Kier alpha value is -3.27. The first-order valence-corrected chi connectivity index (χ1v) is 10.1. The second-order valence-electron chi connectivity index (χ2n) is 7.78. The van der Waals surface area contributed by atoms with Gasteiger partial charge < -0.3 is 14.7 Å². The summed E-state index contributed by atoms with van der Waals surface area (Å²) in [6, 6.07) is 22.1. The minimum atomic E-state index is -0.289. The van der Waals surface area contributed by atoms with E-state index in [2.05, 4.69) is 24.3 Å². The molecule has 3 aromatic carbocycles. The van der Waals surface area contributed by atoms with Crippen LogP contribution in [0.2, 0.25) is 0 Å². The zero-order valence-electron chi connectivity index (χ0n) is 16.2. The third-order valence-corrected chi connectivity index (χ3v) is 6.02. The van der Waals surface area contributed by atoms with Gasteiger partial charge in [-0.05, 0) is 58.4 Å². The number of benzene rings is 3. The summed E-state index contributed by atoms with van der Waals surface area (Å²) in [4.78, 5) is 14.6. The second kappa shape index (κ2) is 7.28. The molecule has 0 aromatic heterocycles. The summed E-state index contributed by atoms with van der Waals surface area (Å²) in [5.41, 5.74) is 7.07. The molecule has 0 radical (unpaired) electrons. The van der Waals surface area contributed by atoms with Crippen molar-refractivity contribution in [2.45, 2.75) is 25.3 Å². The number of carbonyl (C=O) groups excluding carboxylic acids is 1. The summed E-state index contributed by atoms with van der Waals surface area (Å²) in [7, 11) is 0. The predicted molar refractivity (Wildman–Crippen MR) is 112 cm³/mol. The average Bonchev–Trinajstić information content (AvgIpc) is 2.90. The van der Waals surface area contributed by atoms with E-state index in [0.717, 1.165) is 18.4 Å². The van der Waals surface area contributed by atoms with Gasteiger partial charge in [-0.1, -0.05) is 54.6 Å². The van der Waals surface area contributed by atoms with Crippen LogP contribution in [0.25, 0.3) is 11.1 Å². The SMILES string of the molecule is O=C(OCC1c2ccccc2-c2ccccc21)N1CCCc2ccc(O)cc2C1. The molecular formula is C25H23NO3. The number of phenols is 1. The molecule has 0 atom stereocenters. The van der Waals surface area contributed by atoms with Gasteiger partial charge in [-0.25, -0.2) is 4.79 Å². The maximum Gasteiger partial charge on any atom is 0.410 e. The van der Waals surface area contributed by atoms with Gasteiger partial charge in [-0.3, -0.25) is 0 Å². The number of rotatable bonds is 2. The van der Waals surface area contributed by atoms with Gasteiger partial charge in [0.25, 0.3) is 0 Å². The molecule has 0 spiro atoms. The van der Waals surface area contributed by atoms with Crippen molar-refractivity contribution in [1.82, 2.24) is 4.90 Å². The first-order chi connectivity index (χ1) is 14.2. The van der Waals surface area contributed by atoms with Gasteiger partial charge in [-0.15, -0.1) is 0 Å². The minimum Gasteiger partial charge on any atom is -0.508 e. The molecule has 2 aliphatic rings. The lowest BCUT2D eigenvalue weighted by Crippen LogP contribution is -2.32. The van der Waals surface area contributed by atoms with Crippen LogP contribution in [0.3, 0.4) is 0 Å². The van der Waals surface area contributed by atoms with Crippen LogP contribution in [-0.2, 0) is 17.7 Å². The summed E-state index contributed by atoms with van der Waals surface area (Å²) in [6.45, 7) is 1.46. The van der Waals surface area contributed by atoms with Crippen molar-refractivity contribution in [2.75, 3.05) is 13.2 Å². The van der Waals surface area contributed by atoms with Crippen molar-refractivity contribution in [2.24, 2.45) is 0 Å². The highest BCUT2D eigenvalue weighted by molar-refractivity contribution is 5.79. The lowest BCUT2D eigenvalue weighted by atomic mass is 9.98. The average molecular weight is 385 g/mol. The molecule has 1 aliphatic heterocycles. The number of hydrogen-bond donors (Lipinski definition) is 1. The number of carbonyl (C=O) groups is 1. The summed E-state index contributed by atoms with van der Waals surface area (Å²) in [5.74, 6) is 0.299. The van der Waals surface area contributed by atoms with E-state index in [4.69, 9.17) is 4.74 Å². The standard InChI is InChI=1S/C25H23NO3/c27-19-12-11-17-6-5-13-26(15-18(17)14-19)25(28)29-16-24-22-9-3-1-7-20(22)21-8-2-4-10-23(21)24/h1-4,7-12,14,24,27H,5-6,13,15-16H2. The van der Waals surface area contributed by atoms with Gasteiger partial charge in [0.15, 0.2) is 0 Å². The second-order valence-corrected chi connectivity index (χ2v) is 7.78. The van der Waals surface area contributed by atoms with Crippen molar-refractivity contribution >= 4 is 6.09 Å². The maximum absolute atomic E-state index is 12.9. The fourth-order valence-electron chi connectivity index (χ4n) is 4.59. The van der Waals surface area contributed by atoms with E-state index >= 15 is 0 Å². The smallest absolute Gasteiger partial charge is 0.410 e. The molecule has 4 nitrogen and oxygen atoms in total. The van der Waals surface area contributed by atoms with Crippen LogP contribution in [0.15, 0.2) is 66.7 Å². The number of hydrogen-bond acceptors (Lipinski definition) is 3. The van der Waals surface area contributed by atoms with Crippen molar-refractivity contribution in [3.8, 4) is 16.9 Å². The third kappa shape index (κ3) is 3.25. The van der Waals surface area contributed by atoms with E-state index in [0.29, 0.717) is 19.7 Å². The van der Waals surface area contributed by atoms with E-state index in [1.165, 1.54) is 27.8 Å². The summed E-state index contributed by atoms with van der Waals surface area (Å²) in [6.07, 6.45) is 1.51. The van der Waals surface area contributed by atoms with Gasteiger partial charge in [0.1, 0.15) is 12.4 Å². The van der Waals surface area contributed by atoms with E-state index in [1.807, 2.05) is 30.3 Å². The molecule has 0 saturated heterocycles. The molecule has 1 amide bonds. The number of fused-ring (bicyclic) bond motifs is 4. The fraction of sp³-hybridized carbons (Fsp3) is 0.240. The van der Waals surface area contributed by atoms with Gasteiger partial charge >= 0.3 is 6.09 Å². The molecular weight excluding hydrogens is 362 g/mol. The third-order valence-electron chi connectivity index (χ3n) is 6.02. The lowest BCUT2D eigenvalue weighted by molar-refractivity contribution is 0.0977. The zero-order valence-corrected chi connectivity index (χ0v) is 16.2. The van der Waals surface area contributed by atoms with Gasteiger partial charge in [0.05, 0.1) is 0 Å². The van der Waals surface area contributed by atoms with Crippen molar-refractivity contribution in [1.29, 1.82) is 0 Å². The first-order valence-electron chi connectivity index (χ1n) is 10.1. The summed E-state index contributed by atoms with van der Waals surface area (Å²) < 4.78 is 5.80. The number of aromatic hydroxyl groups is 1. The predicted octanol–water partition coefficient (Wildman–Crippen LogP) is 5.09. The van der Waals surface area contributed by atoms with E-state index in [-0.39, 0.29) is 17.8 Å². The molecule has 3 aromatic rings. The summed E-state index contributed by atoms with van der Waals surface area (Å²) in [5, 5.41) is 9.80. The Bertz CT molecular complexity index is 1030. The number of aryl methyl sites for hydroxylation is 1. The molecule has 0 saturated carbocycles. The first kappa shape index (κ1) is 17.8. The molecule has 5 rings (SSSR count). The highest BCUT2D eigenvalue weighted by Crippen LogP contribution is 2.44. The van der Waals surface area contributed by atoms with Crippen LogP contribution in [0.5, 0.6) is 5.75 Å². The molecule has 1 heterocycles. The van der Waals surface area contributed by atoms with Crippen LogP contribution < -0.4 is 0 Å². The number of phenolic OH excluding ortho intramolecular Hbond substituents is 1. The van der Waals surface area contributed by atoms with E-state index < -0.39 is 0 Å². The maximum atomic E-state index is 12.9. The highest BCUT2D eigenvalue weighted by atomic mass is 16.6. The summed E-state index contributed by atoms with van der Waals surface area (Å²) >= 11 is 0. The minimum absolute atomic E-state index is 0.0645. The van der Waals surface area contributed by atoms with Gasteiger partial charge in [0, 0.05) is 19.0 Å². The zero-order chi connectivity index (χ0) is 19.8. The van der Waals surface area contributed by atoms with E-state index in [1.54, 1.807) is 17.0 Å². The van der Waals surface area contributed by atoms with Crippen molar-refractivity contribution in [3.63, 3.8) is 0 Å². The van der Waals surface area contributed by atoms with Crippen LogP contribution in [0.1, 0.15) is 34.6 Å². The van der Waals surface area contributed by atoms with Gasteiger partial charge in [0.2, 0.25) is 0 Å². The Morgan fingerprint density at radius 1 is 0.966 bits per heavy atom. The molecule has 1 aliphatic carbocycles. The number of nitrogens with zero attached hydrogens (tertiary/aromatic N) is 1. The van der Waals surface area contributed by atoms with E-state index in [9.17, 15) is 9.90 Å². The molecule has 0 bridgehead atoms. The van der Waals surface area contributed by atoms with Gasteiger partial charge in [-0.2, -0.15) is 0 Å². The molecule has 1 N–H and O–H groups in total. The number of amides is 1. The Labute approximate surface area is 170 Å². The quantitative estimate of drug-likeness (QED) is 0.668. The topological polar surface area (TPSA) is 49.8 Å². The Morgan fingerprint density at radius 3 is 2.38 bits per heavy atom. The van der Waals surface area contributed by atoms with Crippen molar-refractivity contribution < 1.29 is 14.6 Å². The molecule has 4 heteroatoms. The molecule has 0 unspecified atom stereocenters.